The van der Waals surface area contributed by atoms with E-state index in [4.69, 9.17) is 4.98 Å². The Kier molecular flexibility index (Phi) is 4.36. The third kappa shape index (κ3) is 3.16. The van der Waals surface area contributed by atoms with Crippen LogP contribution >= 0.6 is 0 Å². The lowest BCUT2D eigenvalue weighted by atomic mass is 9.80. The predicted octanol–water partition coefficient (Wildman–Crippen LogP) is 2.21. The van der Waals surface area contributed by atoms with Crippen molar-refractivity contribution in [3.63, 3.8) is 0 Å². The molecule has 1 aromatic rings. The second kappa shape index (κ2) is 6.09. The van der Waals surface area contributed by atoms with Gasteiger partial charge in [0, 0.05) is 38.2 Å². The summed E-state index contributed by atoms with van der Waals surface area (Å²) in [6, 6.07) is 0. The highest BCUT2D eigenvalue weighted by atomic mass is 15.1. The number of nitrogens with zero attached hydrogens (tertiary/aromatic N) is 3. The molecule has 0 amide bonds. The zero-order valence-corrected chi connectivity index (χ0v) is 13.9. The molecule has 3 rings (SSSR count). The summed E-state index contributed by atoms with van der Waals surface area (Å²) in [5, 5.41) is 3.46. The minimum atomic E-state index is 0.439. The molecule has 21 heavy (non-hydrogen) atoms. The number of piperidine rings is 1. The highest BCUT2D eigenvalue weighted by molar-refractivity contribution is 5.21. The van der Waals surface area contributed by atoms with Crippen LogP contribution in [0.15, 0.2) is 0 Å². The van der Waals surface area contributed by atoms with Crippen molar-refractivity contribution in [2.45, 2.75) is 59.0 Å². The summed E-state index contributed by atoms with van der Waals surface area (Å²) >= 11 is 0. The Labute approximate surface area is 128 Å². The monoisotopic (exact) mass is 290 g/mol. The van der Waals surface area contributed by atoms with Gasteiger partial charge in [0.05, 0.1) is 5.69 Å². The summed E-state index contributed by atoms with van der Waals surface area (Å²) < 4.78 is 2.59. The van der Waals surface area contributed by atoms with E-state index in [0.717, 1.165) is 25.9 Å². The minimum absolute atomic E-state index is 0.439. The van der Waals surface area contributed by atoms with E-state index in [0.29, 0.717) is 5.41 Å². The fraction of sp³-hybridized carbons (Fsp3) is 0.824. The van der Waals surface area contributed by atoms with Crippen molar-refractivity contribution in [1.29, 1.82) is 0 Å². The lowest BCUT2D eigenvalue weighted by Gasteiger charge is -2.39. The van der Waals surface area contributed by atoms with Crippen LogP contribution in [0.4, 0.5) is 0 Å². The van der Waals surface area contributed by atoms with Crippen LogP contribution in [0.25, 0.3) is 0 Å². The molecule has 2 aliphatic heterocycles. The van der Waals surface area contributed by atoms with Crippen LogP contribution in [0.5, 0.6) is 0 Å². The van der Waals surface area contributed by atoms with Gasteiger partial charge in [-0.25, -0.2) is 4.98 Å². The summed E-state index contributed by atoms with van der Waals surface area (Å²) in [5.74, 6) is 1.33. The average Bonchev–Trinajstić information content (AvgIpc) is 2.81. The zero-order valence-electron chi connectivity index (χ0n) is 13.9. The van der Waals surface area contributed by atoms with Crippen molar-refractivity contribution in [2.75, 3.05) is 26.7 Å². The summed E-state index contributed by atoms with van der Waals surface area (Å²) in [6.45, 7) is 10.4. The molecule has 0 unspecified atom stereocenters. The maximum absolute atomic E-state index is 4.94. The number of fused-ring (bicyclic) bond motifs is 1. The Bertz CT molecular complexity index is 483. The molecule has 1 saturated heterocycles. The standard InChI is InChI=1S/C17H30N4/c1-4-5-16-19-14-12-18-9-6-15(14)21(16)13-17(2)7-10-20(3)11-8-17/h18H,4-13H2,1-3H3. The summed E-state index contributed by atoms with van der Waals surface area (Å²) in [4.78, 5) is 7.40. The van der Waals surface area contributed by atoms with E-state index in [-0.39, 0.29) is 0 Å². The molecule has 4 heteroatoms. The third-order valence-corrected chi connectivity index (χ3v) is 5.27. The Hall–Kier alpha value is -0.870. The molecule has 0 saturated carbocycles. The number of aryl methyl sites for hydroxylation is 1. The Morgan fingerprint density at radius 2 is 2.05 bits per heavy atom. The summed E-state index contributed by atoms with van der Waals surface area (Å²) in [7, 11) is 2.24. The molecule has 2 aliphatic rings. The molecule has 0 bridgehead atoms. The topological polar surface area (TPSA) is 33.1 Å². The molecule has 0 aliphatic carbocycles. The smallest absolute Gasteiger partial charge is 0.109 e. The quantitative estimate of drug-likeness (QED) is 0.923. The Morgan fingerprint density at radius 3 is 2.76 bits per heavy atom. The number of likely N-dealkylation sites (tertiary alicyclic amines) is 1. The van der Waals surface area contributed by atoms with Gasteiger partial charge < -0.3 is 14.8 Å². The fourth-order valence-corrected chi connectivity index (χ4v) is 3.73. The molecule has 1 fully saturated rings. The largest absolute Gasteiger partial charge is 0.331 e. The first-order chi connectivity index (χ1) is 10.1. The van der Waals surface area contributed by atoms with Gasteiger partial charge >= 0.3 is 0 Å². The fourth-order valence-electron chi connectivity index (χ4n) is 3.73. The molecular weight excluding hydrogens is 260 g/mol. The van der Waals surface area contributed by atoms with Crippen LogP contribution < -0.4 is 5.32 Å². The summed E-state index contributed by atoms with van der Waals surface area (Å²) in [6.07, 6.45) is 6.05. The van der Waals surface area contributed by atoms with Crippen LogP contribution in [0.2, 0.25) is 0 Å². The summed E-state index contributed by atoms with van der Waals surface area (Å²) in [5.41, 5.74) is 3.26. The van der Waals surface area contributed by atoms with E-state index in [9.17, 15) is 0 Å². The number of hydrogen-bond acceptors (Lipinski definition) is 3. The third-order valence-electron chi connectivity index (χ3n) is 5.27. The van der Waals surface area contributed by atoms with Gasteiger partial charge in [-0.3, -0.25) is 0 Å². The maximum atomic E-state index is 4.94. The molecule has 4 nitrogen and oxygen atoms in total. The van der Waals surface area contributed by atoms with Crippen molar-refractivity contribution in [3.05, 3.63) is 17.2 Å². The second-order valence-corrected chi connectivity index (χ2v) is 7.30. The van der Waals surface area contributed by atoms with Gasteiger partial charge in [-0.05, 0) is 44.8 Å². The predicted molar refractivity (Wildman–Crippen MR) is 86.5 cm³/mol. The van der Waals surface area contributed by atoms with Gasteiger partial charge in [0.1, 0.15) is 5.82 Å². The number of hydrogen-bond donors (Lipinski definition) is 1. The number of imidazole rings is 1. The molecule has 0 aromatic carbocycles. The van der Waals surface area contributed by atoms with Crippen molar-refractivity contribution in [1.82, 2.24) is 19.8 Å². The first-order valence-electron chi connectivity index (χ1n) is 8.58. The minimum Gasteiger partial charge on any atom is -0.331 e. The van der Waals surface area contributed by atoms with E-state index in [1.807, 2.05) is 0 Å². The molecule has 0 atom stereocenters. The van der Waals surface area contributed by atoms with Gasteiger partial charge in [0.25, 0.3) is 0 Å². The molecule has 118 valence electrons. The van der Waals surface area contributed by atoms with Crippen LogP contribution in [-0.4, -0.2) is 41.1 Å². The van der Waals surface area contributed by atoms with E-state index >= 15 is 0 Å². The van der Waals surface area contributed by atoms with E-state index in [2.05, 4.69) is 35.7 Å². The first-order valence-corrected chi connectivity index (χ1v) is 8.58. The molecule has 0 spiro atoms. The molecule has 3 heterocycles. The van der Waals surface area contributed by atoms with Gasteiger partial charge in [0.15, 0.2) is 0 Å². The maximum Gasteiger partial charge on any atom is 0.109 e. The highest BCUT2D eigenvalue weighted by Gasteiger charge is 2.31. The number of aromatic nitrogens is 2. The Morgan fingerprint density at radius 1 is 1.29 bits per heavy atom. The van der Waals surface area contributed by atoms with Gasteiger partial charge in [0.2, 0.25) is 0 Å². The molecule has 1 aromatic heterocycles. The van der Waals surface area contributed by atoms with E-state index in [1.165, 1.54) is 56.1 Å². The van der Waals surface area contributed by atoms with Crippen molar-refractivity contribution in [2.24, 2.45) is 5.41 Å². The van der Waals surface area contributed by atoms with Gasteiger partial charge in [-0.1, -0.05) is 13.8 Å². The Balaban J connectivity index is 1.84. The normalized spacial score (nSPS) is 22.2. The average molecular weight is 290 g/mol. The van der Waals surface area contributed by atoms with Gasteiger partial charge in [-0.15, -0.1) is 0 Å². The second-order valence-electron chi connectivity index (χ2n) is 7.30. The van der Waals surface area contributed by atoms with Crippen molar-refractivity contribution >= 4 is 0 Å². The van der Waals surface area contributed by atoms with Crippen molar-refractivity contribution in [3.8, 4) is 0 Å². The lowest BCUT2D eigenvalue weighted by Crippen LogP contribution is -2.39. The van der Waals surface area contributed by atoms with Crippen LogP contribution in [0.3, 0.4) is 0 Å². The van der Waals surface area contributed by atoms with E-state index < -0.39 is 0 Å². The van der Waals surface area contributed by atoms with Crippen LogP contribution in [-0.2, 0) is 25.9 Å². The lowest BCUT2D eigenvalue weighted by molar-refractivity contribution is 0.118. The number of rotatable bonds is 4. The molecular formula is C17H30N4. The molecule has 1 N–H and O–H groups in total. The highest BCUT2D eigenvalue weighted by Crippen LogP contribution is 2.34. The number of nitrogens with one attached hydrogen (secondary N) is 1. The van der Waals surface area contributed by atoms with Gasteiger partial charge in [-0.2, -0.15) is 0 Å². The molecule has 0 radical (unpaired) electrons. The zero-order chi connectivity index (χ0) is 14.9. The van der Waals surface area contributed by atoms with E-state index in [1.54, 1.807) is 0 Å². The van der Waals surface area contributed by atoms with Crippen LogP contribution in [0.1, 0.15) is 50.3 Å². The SMILES string of the molecule is CCCc1nc2c(n1CC1(C)CCN(C)CC1)CCNC2. The first kappa shape index (κ1) is 15.0. The van der Waals surface area contributed by atoms with Crippen molar-refractivity contribution < 1.29 is 0 Å². The van der Waals surface area contributed by atoms with Crippen LogP contribution in [0, 0.1) is 5.41 Å².